The van der Waals surface area contributed by atoms with Gasteiger partial charge in [-0.2, -0.15) is 0 Å². The van der Waals surface area contributed by atoms with Crippen molar-refractivity contribution < 1.29 is 9.47 Å². The van der Waals surface area contributed by atoms with Gasteiger partial charge >= 0.3 is 0 Å². The third kappa shape index (κ3) is 2.74. The van der Waals surface area contributed by atoms with Gasteiger partial charge in [-0.15, -0.1) is 0 Å². The molecule has 88 valence electrons. The second-order valence-electron chi connectivity index (χ2n) is 4.35. The molecule has 2 atom stereocenters. The molecule has 3 heteroatoms. The fourth-order valence-electron chi connectivity index (χ4n) is 1.56. The normalized spacial score (nSPS) is 19.2. The molecule has 0 aromatic heterocycles. The van der Waals surface area contributed by atoms with E-state index in [0.717, 1.165) is 11.3 Å². The lowest BCUT2D eigenvalue weighted by Gasteiger charge is -2.19. The molecule has 1 aliphatic carbocycles. The summed E-state index contributed by atoms with van der Waals surface area (Å²) >= 11 is 0. The molecular formula is C13H19NO2. The number of methoxy groups -OCH3 is 1. The first-order valence-electron chi connectivity index (χ1n) is 5.75. The monoisotopic (exact) mass is 221 g/mol. The lowest BCUT2D eigenvalue weighted by atomic mass is 10.0. The number of hydrogen-bond donors (Lipinski definition) is 1. The molecular weight excluding hydrogens is 202 g/mol. The quantitative estimate of drug-likeness (QED) is 0.829. The SMILES string of the molecule is COC(C)C(N)c1ccc(OC2CC2)cc1. The Bertz CT molecular complexity index is 332. The molecule has 0 bridgehead atoms. The Balaban J connectivity index is 1.99. The highest BCUT2D eigenvalue weighted by Crippen LogP contribution is 2.27. The van der Waals surface area contributed by atoms with E-state index in [-0.39, 0.29) is 12.1 Å². The zero-order valence-corrected chi connectivity index (χ0v) is 9.85. The molecule has 0 saturated heterocycles. The molecule has 0 radical (unpaired) electrons. The molecule has 1 aliphatic rings. The lowest BCUT2D eigenvalue weighted by Crippen LogP contribution is -2.25. The van der Waals surface area contributed by atoms with Crippen molar-refractivity contribution >= 4 is 0 Å². The van der Waals surface area contributed by atoms with E-state index in [2.05, 4.69) is 0 Å². The molecule has 2 N–H and O–H groups in total. The lowest BCUT2D eigenvalue weighted by molar-refractivity contribution is 0.0956. The van der Waals surface area contributed by atoms with Crippen molar-refractivity contribution in [3.63, 3.8) is 0 Å². The van der Waals surface area contributed by atoms with Gasteiger partial charge in [-0.1, -0.05) is 12.1 Å². The predicted octanol–water partition coefficient (Wildman–Crippen LogP) is 2.26. The van der Waals surface area contributed by atoms with E-state index in [4.69, 9.17) is 15.2 Å². The van der Waals surface area contributed by atoms with Crippen molar-refractivity contribution in [1.82, 2.24) is 0 Å². The van der Waals surface area contributed by atoms with E-state index in [0.29, 0.717) is 6.10 Å². The maximum Gasteiger partial charge on any atom is 0.119 e. The van der Waals surface area contributed by atoms with Gasteiger partial charge in [-0.05, 0) is 37.5 Å². The molecule has 0 heterocycles. The zero-order valence-electron chi connectivity index (χ0n) is 9.85. The van der Waals surface area contributed by atoms with Crippen LogP contribution in [0.15, 0.2) is 24.3 Å². The van der Waals surface area contributed by atoms with E-state index < -0.39 is 0 Å². The summed E-state index contributed by atoms with van der Waals surface area (Å²) in [4.78, 5) is 0. The number of benzene rings is 1. The third-order valence-electron chi connectivity index (χ3n) is 2.97. The summed E-state index contributed by atoms with van der Waals surface area (Å²) in [6, 6.07) is 7.90. The molecule has 2 unspecified atom stereocenters. The number of rotatable bonds is 5. The van der Waals surface area contributed by atoms with Crippen molar-refractivity contribution in [2.45, 2.75) is 38.0 Å². The van der Waals surface area contributed by atoms with Crippen LogP contribution in [0.1, 0.15) is 31.4 Å². The second kappa shape index (κ2) is 4.85. The van der Waals surface area contributed by atoms with E-state index >= 15 is 0 Å². The van der Waals surface area contributed by atoms with Gasteiger partial charge in [0.05, 0.1) is 18.2 Å². The molecule has 16 heavy (non-hydrogen) atoms. The standard InChI is InChI=1S/C13H19NO2/c1-9(15-2)13(14)10-3-5-11(6-4-10)16-12-7-8-12/h3-6,9,12-13H,7-8,14H2,1-2H3. The van der Waals surface area contributed by atoms with Crippen LogP contribution in [0.2, 0.25) is 0 Å². The van der Waals surface area contributed by atoms with E-state index in [1.54, 1.807) is 7.11 Å². The van der Waals surface area contributed by atoms with E-state index in [1.807, 2.05) is 31.2 Å². The number of ether oxygens (including phenoxy) is 2. The van der Waals surface area contributed by atoms with Crippen LogP contribution in [0.25, 0.3) is 0 Å². The highest BCUT2D eigenvalue weighted by molar-refractivity contribution is 5.30. The zero-order chi connectivity index (χ0) is 11.5. The van der Waals surface area contributed by atoms with Gasteiger partial charge < -0.3 is 15.2 Å². The van der Waals surface area contributed by atoms with Gasteiger partial charge in [-0.3, -0.25) is 0 Å². The summed E-state index contributed by atoms with van der Waals surface area (Å²) in [6.45, 7) is 1.97. The van der Waals surface area contributed by atoms with Crippen molar-refractivity contribution in [2.24, 2.45) is 5.73 Å². The summed E-state index contributed by atoms with van der Waals surface area (Å²) in [5.74, 6) is 0.934. The van der Waals surface area contributed by atoms with Crippen LogP contribution in [-0.2, 0) is 4.74 Å². The first-order chi connectivity index (χ1) is 7.70. The van der Waals surface area contributed by atoms with Crippen molar-refractivity contribution in [3.05, 3.63) is 29.8 Å². The van der Waals surface area contributed by atoms with Gasteiger partial charge in [-0.25, -0.2) is 0 Å². The Kier molecular flexibility index (Phi) is 3.46. The number of nitrogens with two attached hydrogens (primary N) is 1. The van der Waals surface area contributed by atoms with Crippen LogP contribution in [0.3, 0.4) is 0 Å². The average Bonchev–Trinajstić information content (AvgIpc) is 3.12. The topological polar surface area (TPSA) is 44.5 Å². The molecule has 1 aromatic carbocycles. The average molecular weight is 221 g/mol. The third-order valence-corrected chi connectivity index (χ3v) is 2.97. The van der Waals surface area contributed by atoms with Gasteiger partial charge in [0.15, 0.2) is 0 Å². The Morgan fingerprint density at radius 3 is 2.38 bits per heavy atom. The van der Waals surface area contributed by atoms with Crippen LogP contribution in [0.5, 0.6) is 5.75 Å². The first-order valence-corrected chi connectivity index (χ1v) is 5.75. The smallest absolute Gasteiger partial charge is 0.119 e. The summed E-state index contributed by atoms with van der Waals surface area (Å²) in [7, 11) is 1.68. The summed E-state index contributed by atoms with van der Waals surface area (Å²) < 4.78 is 10.9. The fourth-order valence-corrected chi connectivity index (χ4v) is 1.56. The minimum absolute atomic E-state index is 0.0233. The van der Waals surface area contributed by atoms with Crippen molar-refractivity contribution in [2.75, 3.05) is 7.11 Å². The summed E-state index contributed by atoms with van der Waals surface area (Å²) in [6.07, 6.45) is 2.83. The minimum atomic E-state index is -0.0834. The summed E-state index contributed by atoms with van der Waals surface area (Å²) in [5.41, 5.74) is 7.13. The van der Waals surface area contributed by atoms with Crippen molar-refractivity contribution in [1.29, 1.82) is 0 Å². The van der Waals surface area contributed by atoms with E-state index in [9.17, 15) is 0 Å². The first kappa shape index (κ1) is 11.4. The molecule has 1 aromatic rings. The van der Waals surface area contributed by atoms with Crippen LogP contribution in [0, 0.1) is 0 Å². The van der Waals surface area contributed by atoms with Gasteiger partial charge in [0.1, 0.15) is 5.75 Å². The highest BCUT2D eigenvalue weighted by atomic mass is 16.5. The van der Waals surface area contributed by atoms with Gasteiger partial charge in [0.25, 0.3) is 0 Å². The molecule has 1 fully saturated rings. The number of hydrogen-bond acceptors (Lipinski definition) is 3. The molecule has 1 saturated carbocycles. The Hall–Kier alpha value is -1.06. The molecule has 3 nitrogen and oxygen atoms in total. The van der Waals surface area contributed by atoms with Gasteiger partial charge in [0, 0.05) is 7.11 Å². The minimum Gasteiger partial charge on any atom is -0.490 e. The maximum atomic E-state index is 6.05. The maximum absolute atomic E-state index is 6.05. The molecule has 0 aliphatic heterocycles. The van der Waals surface area contributed by atoms with Crippen LogP contribution < -0.4 is 10.5 Å². The Morgan fingerprint density at radius 1 is 1.25 bits per heavy atom. The molecule has 2 rings (SSSR count). The van der Waals surface area contributed by atoms with Crippen molar-refractivity contribution in [3.8, 4) is 5.75 Å². The summed E-state index contributed by atoms with van der Waals surface area (Å²) in [5, 5.41) is 0. The van der Waals surface area contributed by atoms with Crippen LogP contribution >= 0.6 is 0 Å². The van der Waals surface area contributed by atoms with Crippen LogP contribution in [-0.4, -0.2) is 19.3 Å². The van der Waals surface area contributed by atoms with Crippen LogP contribution in [0.4, 0.5) is 0 Å². The predicted molar refractivity (Wildman–Crippen MR) is 63.5 cm³/mol. The second-order valence-corrected chi connectivity index (χ2v) is 4.35. The fraction of sp³-hybridized carbons (Fsp3) is 0.538. The molecule has 0 amide bonds. The van der Waals surface area contributed by atoms with E-state index in [1.165, 1.54) is 12.8 Å². The molecule has 0 spiro atoms. The Morgan fingerprint density at radius 2 is 1.88 bits per heavy atom. The Labute approximate surface area is 96.5 Å². The highest BCUT2D eigenvalue weighted by Gasteiger charge is 2.23. The largest absolute Gasteiger partial charge is 0.490 e. The van der Waals surface area contributed by atoms with Gasteiger partial charge in [0.2, 0.25) is 0 Å².